The average molecular weight is 352 g/mol. The molecule has 0 fully saturated rings. The lowest BCUT2D eigenvalue weighted by Gasteiger charge is -2.23. The van der Waals surface area contributed by atoms with Gasteiger partial charge < -0.3 is 24.4 Å². The molecule has 7 heteroatoms. The molecule has 0 saturated heterocycles. The van der Waals surface area contributed by atoms with E-state index in [-0.39, 0.29) is 24.8 Å². The van der Waals surface area contributed by atoms with Crippen molar-refractivity contribution >= 4 is 17.5 Å². The van der Waals surface area contributed by atoms with Crippen LogP contribution in [0.1, 0.15) is 33.1 Å². The van der Waals surface area contributed by atoms with Gasteiger partial charge in [-0.25, -0.2) is 0 Å². The number of methoxy groups -OCH3 is 3. The van der Waals surface area contributed by atoms with Gasteiger partial charge in [-0.2, -0.15) is 0 Å². The summed E-state index contributed by atoms with van der Waals surface area (Å²) >= 11 is 0. The maximum absolute atomic E-state index is 12.1. The number of nitrogens with zero attached hydrogens (tertiary/aromatic N) is 1. The van der Waals surface area contributed by atoms with Gasteiger partial charge >= 0.3 is 0 Å². The molecule has 0 heterocycles. The Hall–Kier alpha value is -2.44. The summed E-state index contributed by atoms with van der Waals surface area (Å²) in [4.78, 5) is 25.5. The first-order chi connectivity index (χ1) is 12.0. The summed E-state index contributed by atoms with van der Waals surface area (Å²) in [5, 5.41) is 2.85. The molecule has 0 aliphatic heterocycles. The van der Waals surface area contributed by atoms with E-state index in [0.717, 1.165) is 12.8 Å². The van der Waals surface area contributed by atoms with E-state index in [1.54, 1.807) is 12.1 Å². The Morgan fingerprint density at radius 3 is 2.12 bits per heavy atom. The third kappa shape index (κ3) is 5.85. The molecule has 1 rings (SSSR count). The van der Waals surface area contributed by atoms with E-state index in [4.69, 9.17) is 14.2 Å². The van der Waals surface area contributed by atoms with E-state index in [1.165, 1.54) is 33.2 Å². The SMILES string of the molecule is CCCCNC(=O)CCN(C(C)=O)c1cc(OC)c(OC)c(OC)c1. The van der Waals surface area contributed by atoms with E-state index in [9.17, 15) is 9.59 Å². The zero-order chi connectivity index (χ0) is 18.8. The van der Waals surface area contributed by atoms with Crippen molar-refractivity contribution in [1.82, 2.24) is 5.32 Å². The first-order valence-electron chi connectivity index (χ1n) is 8.33. The Bertz CT molecular complexity index is 564. The summed E-state index contributed by atoms with van der Waals surface area (Å²) in [5.41, 5.74) is 0.586. The number of ether oxygens (including phenoxy) is 3. The van der Waals surface area contributed by atoms with Crippen molar-refractivity contribution in [3.63, 3.8) is 0 Å². The van der Waals surface area contributed by atoms with Gasteiger partial charge in [0.1, 0.15) is 0 Å². The van der Waals surface area contributed by atoms with Gasteiger partial charge in [-0.1, -0.05) is 13.3 Å². The molecule has 7 nitrogen and oxygen atoms in total. The van der Waals surface area contributed by atoms with Crippen molar-refractivity contribution < 1.29 is 23.8 Å². The van der Waals surface area contributed by atoms with Crippen LogP contribution < -0.4 is 24.4 Å². The molecule has 0 aliphatic carbocycles. The lowest BCUT2D eigenvalue weighted by Crippen LogP contribution is -2.34. The van der Waals surface area contributed by atoms with E-state index in [2.05, 4.69) is 12.2 Å². The van der Waals surface area contributed by atoms with Crippen LogP contribution in [0.25, 0.3) is 0 Å². The minimum Gasteiger partial charge on any atom is -0.493 e. The second kappa shape index (κ2) is 10.4. The van der Waals surface area contributed by atoms with Crippen LogP contribution in [0.2, 0.25) is 0 Å². The van der Waals surface area contributed by atoms with Gasteiger partial charge in [0.05, 0.1) is 27.0 Å². The highest BCUT2D eigenvalue weighted by Crippen LogP contribution is 2.41. The second-order valence-corrected chi connectivity index (χ2v) is 5.51. The maximum atomic E-state index is 12.1. The molecule has 0 aromatic heterocycles. The summed E-state index contributed by atoms with van der Waals surface area (Å²) in [6.45, 7) is 4.44. The lowest BCUT2D eigenvalue weighted by atomic mass is 10.2. The normalized spacial score (nSPS) is 10.1. The van der Waals surface area contributed by atoms with Gasteiger partial charge in [-0.3, -0.25) is 9.59 Å². The standard InChI is InChI=1S/C18H28N2O5/c1-6-7-9-19-17(22)8-10-20(13(2)21)14-11-15(23-3)18(25-5)16(12-14)24-4/h11-12H,6-10H2,1-5H3,(H,19,22). The number of rotatable bonds is 10. The summed E-state index contributed by atoms with van der Waals surface area (Å²) in [6.07, 6.45) is 2.18. The smallest absolute Gasteiger partial charge is 0.223 e. The topological polar surface area (TPSA) is 77.1 Å². The number of amides is 2. The molecular weight excluding hydrogens is 324 g/mol. The average Bonchev–Trinajstić information content (AvgIpc) is 2.60. The molecule has 0 spiro atoms. The monoisotopic (exact) mass is 352 g/mol. The minimum absolute atomic E-state index is 0.0767. The van der Waals surface area contributed by atoms with Gasteiger partial charge in [0, 0.05) is 38.6 Å². The van der Waals surface area contributed by atoms with Crippen LogP contribution in [0.5, 0.6) is 17.2 Å². The Morgan fingerprint density at radius 2 is 1.68 bits per heavy atom. The zero-order valence-electron chi connectivity index (χ0n) is 15.7. The van der Waals surface area contributed by atoms with E-state index in [1.807, 2.05) is 0 Å². The number of hydrogen-bond acceptors (Lipinski definition) is 5. The van der Waals surface area contributed by atoms with E-state index < -0.39 is 0 Å². The quantitative estimate of drug-likeness (QED) is 0.654. The van der Waals surface area contributed by atoms with Crippen LogP contribution in [-0.2, 0) is 9.59 Å². The second-order valence-electron chi connectivity index (χ2n) is 5.51. The maximum Gasteiger partial charge on any atom is 0.223 e. The lowest BCUT2D eigenvalue weighted by molar-refractivity contribution is -0.121. The fourth-order valence-electron chi connectivity index (χ4n) is 2.40. The molecule has 140 valence electrons. The number of hydrogen-bond donors (Lipinski definition) is 1. The third-order valence-corrected chi connectivity index (χ3v) is 3.76. The Balaban J connectivity index is 2.95. The molecule has 0 bridgehead atoms. The first-order valence-corrected chi connectivity index (χ1v) is 8.33. The van der Waals surface area contributed by atoms with E-state index in [0.29, 0.717) is 29.5 Å². The van der Waals surface area contributed by atoms with Crippen molar-refractivity contribution in [2.75, 3.05) is 39.3 Å². The van der Waals surface area contributed by atoms with Gasteiger partial charge in [-0.05, 0) is 6.42 Å². The number of unbranched alkanes of at least 4 members (excludes halogenated alkanes) is 1. The molecule has 1 aromatic rings. The summed E-state index contributed by atoms with van der Waals surface area (Å²) in [7, 11) is 4.55. The molecule has 2 amide bonds. The van der Waals surface area contributed by atoms with Crippen LogP contribution in [0.15, 0.2) is 12.1 Å². The van der Waals surface area contributed by atoms with Gasteiger partial charge in [0.2, 0.25) is 17.6 Å². The molecule has 0 unspecified atom stereocenters. The molecule has 25 heavy (non-hydrogen) atoms. The van der Waals surface area contributed by atoms with Gasteiger partial charge in [0.15, 0.2) is 11.5 Å². The molecule has 0 aliphatic rings. The number of carbonyl (C=O) groups is 2. The molecule has 0 saturated carbocycles. The Kier molecular flexibility index (Phi) is 8.60. The number of benzene rings is 1. The molecule has 0 radical (unpaired) electrons. The number of carbonyl (C=O) groups excluding carboxylic acids is 2. The fourth-order valence-corrected chi connectivity index (χ4v) is 2.40. The molecular formula is C18H28N2O5. The Morgan fingerprint density at radius 1 is 1.08 bits per heavy atom. The summed E-state index contributed by atoms with van der Waals surface area (Å²) < 4.78 is 15.9. The van der Waals surface area contributed by atoms with Gasteiger partial charge in [-0.15, -0.1) is 0 Å². The zero-order valence-corrected chi connectivity index (χ0v) is 15.7. The molecule has 1 aromatic carbocycles. The van der Waals surface area contributed by atoms with E-state index >= 15 is 0 Å². The predicted octanol–water partition coefficient (Wildman–Crippen LogP) is 2.37. The van der Waals surface area contributed by atoms with Crippen LogP contribution in [0.4, 0.5) is 5.69 Å². The van der Waals surface area contributed by atoms with Crippen molar-refractivity contribution in [2.45, 2.75) is 33.1 Å². The number of nitrogens with one attached hydrogen (secondary N) is 1. The largest absolute Gasteiger partial charge is 0.493 e. The Labute approximate surface area is 149 Å². The van der Waals surface area contributed by atoms with Crippen LogP contribution in [0.3, 0.4) is 0 Å². The number of anilines is 1. The minimum atomic E-state index is -0.171. The first kappa shape index (κ1) is 20.6. The predicted molar refractivity (Wildman–Crippen MR) is 96.7 cm³/mol. The summed E-state index contributed by atoms with van der Waals surface area (Å²) in [6, 6.07) is 3.38. The molecule has 1 N–H and O–H groups in total. The summed E-state index contributed by atoms with van der Waals surface area (Å²) in [5.74, 6) is 1.11. The van der Waals surface area contributed by atoms with Crippen molar-refractivity contribution in [3.05, 3.63) is 12.1 Å². The van der Waals surface area contributed by atoms with Crippen molar-refractivity contribution in [3.8, 4) is 17.2 Å². The van der Waals surface area contributed by atoms with Crippen LogP contribution in [-0.4, -0.2) is 46.2 Å². The van der Waals surface area contributed by atoms with Crippen LogP contribution >= 0.6 is 0 Å². The highest BCUT2D eigenvalue weighted by Gasteiger charge is 2.19. The molecule has 0 atom stereocenters. The highest BCUT2D eigenvalue weighted by molar-refractivity contribution is 5.93. The fraction of sp³-hybridized carbons (Fsp3) is 0.556. The third-order valence-electron chi connectivity index (χ3n) is 3.76. The van der Waals surface area contributed by atoms with Gasteiger partial charge in [0.25, 0.3) is 0 Å². The van der Waals surface area contributed by atoms with Crippen molar-refractivity contribution in [2.24, 2.45) is 0 Å². The highest BCUT2D eigenvalue weighted by atomic mass is 16.5. The van der Waals surface area contributed by atoms with Crippen LogP contribution in [0, 0.1) is 0 Å². The van der Waals surface area contributed by atoms with Crippen molar-refractivity contribution in [1.29, 1.82) is 0 Å².